The van der Waals surface area contributed by atoms with E-state index in [1.165, 1.54) is 19.8 Å². The van der Waals surface area contributed by atoms with Gasteiger partial charge in [0.05, 0.1) is 38.4 Å². The van der Waals surface area contributed by atoms with Crippen LogP contribution in [0, 0.1) is 5.92 Å². The van der Waals surface area contributed by atoms with Gasteiger partial charge in [-0.15, -0.1) is 0 Å². The first kappa shape index (κ1) is 34.2. The normalized spacial score (nSPS) is 22.2. The second-order valence-corrected chi connectivity index (χ2v) is 11.6. The first-order valence-electron chi connectivity index (χ1n) is 15.7. The van der Waals surface area contributed by atoms with E-state index < -0.39 is 12.2 Å². The van der Waals surface area contributed by atoms with Crippen molar-refractivity contribution in [1.82, 2.24) is 10.6 Å². The molecule has 2 aromatic rings. The van der Waals surface area contributed by atoms with Crippen molar-refractivity contribution in [2.45, 2.75) is 69.8 Å². The number of methoxy groups -OCH3 is 2. The van der Waals surface area contributed by atoms with E-state index in [2.05, 4.69) is 16.7 Å². The summed E-state index contributed by atoms with van der Waals surface area (Å²) in [5, 5.41) is 48.5. The lowest BCUT2D eigenvalue weighted by Crippen LogP contribution is -2.40. The van der Waals surface area contributed by atoms with Crippen LogP contribution in [-0.4, -0.2) is 79.2 Å². The van der Waals surface area contributed by atoms with Crippen LogP contribution >= 0.6 is 0 Å². The van der Waals surface area contributed by atoms with Gasteiger partial charge in [-0.3, -0.25) is 0 Å². The molecule has 45 heavy (non-hydrogen) atoms. The van der Waals surface area contributed by atoms with Gasteiger partial charge in [0.25, 0.3) is 0 Å². The Bertz CT molecular complexity index is 1320. The Morgan fingerprint density at radius 2 is 1.84 bits per heavy atom. The van der Waals surface area contributed by atoms with Crippen molar-refractivity contribution in [1.29, 1.82) is 0 Å². The van der Waals surface area contributed by atoms with E-state index >= 15 is 0 Å². The SMILES string of the molecule is CCN[C@H](CCC1=CCNC(N)=C1)COc1cc([C@H]2O[C@@H](CCc3ccc(O)c(OC)c3)C[C@H](O)[C@H]2CCO)cc(OC)c1O. The van der Waals surface area contributed by atoms with Crippen molar-refractivity contribution in [3.8, 4) is 28.7 Å². The lowest BCUT2D eigenvalue weighted by atomic mass is 9.82. The third-order valence-corrected chi connectivity index (χ3v) is 8.52. The third kappa shape index (κ3) is 9.20. The quantitative estimate of drug-likeness (QED) is 0.146. The summed E-state index contributed by atoms with van der Waals surface area (Å²) in [5.74, 6) is 1.17. The average molecular weight is 628 g/mol. The number of hydrogen-bond acceptors (Lipinski definition) is 11. The van der Waals surface area contributed by atoms with E-state index in [1.54, 1.807) is 24.3 Å². The highest BCUT2D eigenvalue weighted by Crippen LogP contribution is 2.45. The summed E-state index contributed by atoms with van der Waals surface area (Å²) < 4.78 is 23.6. The molecule has 1 saturated heterocycles. The zero-order valence-corrected chi connectivity index (χ0v) is 26.5. The fourth-order valence-corrected chi connectivity index (χ4v) is 6.10. The highest BCUT2D eigenvalue weighted by Gasteiger charge is 2.39. The number of aryl methyl sites for hydroxylation is 1. The zero-order chi connectivity index (χ0) is 32.3. The molecule has 2 aromatic carbocycles. The van der Waals surface area contributed by atoms with Gasteiger partial charge >= 0.3 is 0 Å². The standard InChI is InChI=1S/C34H49N3O8/c1-4-36-24(8-5-22-11-13-37-32(35)16-22)20-44-31-18-23(17-30(43-3)33(31)41)34-26(12-14-38)28(40)19-25(45-34)9-6-21-7-10-27(39)29(15-21)42-2/h7,10-11,15-18,24-26,28,34,36-41H,4-6,8-9,12-14,19-20,35H2,1-3H3/t24-,25+,26-,28+,34-/m1/s1. The van der Waals surface area contributed by atoms with E-state index in [0.717, 1.165) is 24.9 Å². The van der Waals surface area contributed by atoms with E-state index in [-0.39, 0.29) is 47.7 Å². The van der Waals surface area contributed by atoms with Gasteiger partial charge in [-0.25, -0.2) is 0 Å². The van der Waals surface area contributed by atoms with Gasteiger partial charge in [0, 0.05) is 25.1 Å². The Balaban J connectivity index is 1.50. The third-order valence-electron chi connectivity index (χ3n) is 8.52. The Morgan fingerprint density at radius 3 is 2.56 bits per heavy atom. The molecule has 5 atom stereocenters. The molecule has 0 aliphatic carbocycles. The maximum Gasteiger partial charge on any atom is 0.200 e. The molecule has 11 nitrogen and oxygen atoms in total. The van der Waals surface area contributed by atoms with Crippen molar-refractivity contribution >= 4 is 0 Å². The van der Waals surface area contributed by atoms with Gasteiger partial charge in [0.15, 0.2) is 23.0 Å². The highest BCUT2D eigenvalue weighted by atomic mass is 16.5. The summed E-state index contributed by atoms with van der Waals surface area (Å²) in [7, 11) is 2.99. The fraction of sp³-hybridized carbons (Fsp3) is 0.529. The molecule has 0 aromatic heterocycles. The second-order valence-electron chi connectivity index (χ2n) is 11.6. The Kier molecular flexibility index (Phi) is 12.6. The van der Waals surface area contributed by atoms with Crippen molar-refractivity contribution < 1.29 is 39.4 Å². The average Bonchev–Trinajstić information content (AvgIpc) is 3.03. The van der Waals surface area contributed by atoms with Crippen LogP contribution in [0.15, 0.2) is 53.9 Å². The van der Waals surface area contributed by atoms with Crippen molar-refractivity contribution in [3.05, 3.63) is 65.0 Å². The number of aliphatic hydroxyl groups excluding tert-OH is 2. The lowest BCUT2D eigenvalue weighted by molar-refractivity contribution is -0.144. The largest absolute Gasteiger partial charge is 0.504 e. The van der Waals surface area contributed by atoms with Crippen LogP contribution < -0.4 is 30.6 Å². The minimum absolute atomic E-state index is 0.0206. The predicted molar refractivity (Wildman–Crippen MR) is 172 cm³/mol. The predicted octanol–water partition coefficient (Wildman–Crippen LogP) is 3.40. The summed E-state index contributed by atoms with van der Waals surface area (Å²) in [6.45, 7) is 3.72. The summed E-state index contributed by atoms with van der Waals surface area (Å²) in [6.07, 6.45) is 6.22. The molecular formula is C34H49N3O8. The number of nitrogens with one attached hydrogen (secondary N) is 2. The topological polar surface area (TPSA) is 168 Å². The number of likely N-dealkylation sites (N-methyl/N-ethyl adjacent to an activating group) is 1. The molecule has 0 spiro atoms. The number of hydrogen-bond donors (Lipinski definition) is 7. The van der Waals surface area contributed by atoms with Gasteiger partial charge in [-0.05, 0) is 92.1 Å². The molecule has 8 N–H and O–H groups in total. The molecule has 2 aliphatic heterocycles. The molecule has 0 saturated carbocycles. The number of phenolic OH excluding ortho intramolecular Hbond substituents is 2. The zero-order valence-electron chi connectivity index (χ0n) is 26.5. The number of benzene rings is 2. The molecule has 2 heterocycles. The maximum atomic E-state index is 11.2. The smallest absolute Gasteiger partial charge is 0.200 e. The summed E-state index contributed by atoms with van der Waals surface area (Å²) in [4.78, 5) is 0. The van der Waals surface area contributed by atoms with Gasteiger partial charge in [0.1, 0.15) is 6.61 Å². The molecule has 0 radical (unpaired) electrons. The van der Waals surface area contributed by atoms with Crippen LogP contribution in [0.25, 0.3) is 0 Å². The molecular weight excluding hydrogens is 578 g/mol. The summed E-state index contributed by atoms with van der Waals surface area (Å²) in [5.41, 5.74) is 8.76. The maximum absolute atomic E-state index is 11.2. The molecule has 11 heteroatoms. The van der Waals surface area contributed by atoms with E-state index in [9.17, 15) is 20.4 Å². The number of nitrogens with two attached hydrogens (primary N) is 1. The molecule has 2 aliphatic rings. The summed E-state index contributed by atoms with van der Waals surface area (Å²) in [6, 6.07) is 8.72. The molecule has 0 unspecified atom stereocenters. The molecule has 0 amide bonds. The van der Waals surface area contributed by atoms with E-state index in [0.29, 0.717) is 56.0 Å². The number of ether oxygens (including phenoxy) is 4. The Labute approximate surface area is 265 Å². The van der Waals surface area contributed by atoms with Crippen LogP contribution in [0.2, 0.25) is 0 Å². The molecule has 248 valence electrons. The first-order valence-corrected chi connectivity index (χ1v) is 15.7. The minimum Gasteiger partial charge on any atom is -0.504 e. The Hall–Kier alpha value is -3.64. The molecule has 0 bridgehead atoms. The van der Waals surface area contributed by atoms with Crippen molar-refractivity contribution in [3.63, 3.8) is 0 Å². The van der Waals surface area contributed by atoms with Crippen LogP contribution in [0.1, 0.15) is 56.3 Å². The van der Waals surface area contributed by atoms with Crippen LogP contribution in [-0.2, 0) is 11.2 Å². The van der Waals surface area contributed by atoms with Gasteiger partial charge in [0.2, 0.25) is 5.75 Å². The van der Waals surface area contributed by atoms with E-state index in [1.807, 2.05) is 19.1 Å². The van der Waals surface area contributed by atoms with Crippen molar-refractivity contribution in [2.24, 2.45) is 11.7 Å². The second kappa shape index (κ2) is 16.6. The fourth-order valence-electron chi connectivity index (χ4n) is 6.10. The van der Waals surface area contributed by atoms with Gasteiger partial charge in [-0.1, -0.05) is 19.1 Å². The highest BCUT2D eigenvalue weighted by molar-refractivity contribution is 5.53. The van der Waals surface area contributed by atoms with Crippen LogP contribution in [0.5, 0.6) is 28.7 Å². The molecule has 1 fully saturated rings. The number of allylic oxidation sites excluding steroid dienone is 2. The lowest BCUT2D eigenvalue weighted by Gasteiger charge is -2.40. The monoisotopic (exact) mass is 627 g/mol. The number of rotatable bonds is 16. The number of dihydropyridines is 1. The molecule has 4 rings (SSSR count). The first-order chi connectivity index (χ1) is 21.8. The number of aliphatic hydroxyl groups is 2. The Morgan fingerprint density at radius 1 is 1.07 bits per heavy atom. The summed E-state index contributed by atoms with van der Waals surface area (Å²) >= 11 is 0. The minimum atomic E-state index is -0.704. The van der Waals surface area contributed by atoms with Crippen LogP contribution in [0.4, 0.5) is 0 Å². The van der Waals surface area contributed by atoms with E-state index in [4.69, 9.17) is 24.7 Å². The van der Waals surface area contributed by atoms with Crippen molar-refractivity contribution in [2.75, 3.05) is 40.5 Å². The number of aromatic hydroxyl groups is 2. The van der Waals surface area contributed by atoms with Gasteiger partial charge in [-0.2, -0.15) is 0 Å². The van der Waals surface area contributed by atoms with Gasteiger partial charge < -0.3 is 55.7 Å². The van der Waals surface area contributed by atoms with Crippen LogP contribution in [0.3, 0.4) is 0 Å². The number of phenols is 2.